The van der Waals surface area contributed by atoms with Crippen molar-refractivity contribution >= 4 is 11.9 Å². The second kappa shape index (κ2) is 6.03. The molecule has 2 nitrogen and oxygen atoms in total. The molecule has 2 heteroatoms. The monoisotopic (exact) mass is 244 g/mol. The Bertz CT molecular complexity index is 423. The number of benzene rings is 1. The van der Waals surface area contributed by atoms with E-state index in [0.29, 0.717) is 6.04 Å². The Morgan fingerprint density at radius 2 is 2.06 bits per heavy atom. The number of para-hydroxylation sites is 1. The van der Waals surface area contributed by atoms with E-state index < -0.39 is 0 Å². The fraction of sp³-hybridized carbons (Fsp3) is 0.562. The summed E-state index contributed by atoms with van der Waals surface area (Å²) in [4.78, 5) is 4.82. The summed E-state index contributed by atoms with van der Waals surface area (Å²) < 4.78 is 0. The lowest BCUT2D eigenvalue weighted by molar-refractivity contribution is 0.333. The second-order valence-electron chi connectivity index (χ2n) is 5.40. The first-order valence-electron chi connectivity index (χ1n) is 7.03. The number of nitrogens with one attached hydrogen (secondary N) is 1. The molecule has 1 saturated carbocycles. The van der Waals surface area contributed by atoms with E-state index in [1.165, 1.54) is 42.5 Å². The Hall–Kier alpha value is -1.31. The van der Waals surface area contributed by atoms with Crippen LogP contribution in [0, 0.1) is 12.8 Å². The molecule has 1 N–H and O–H groups in total. The van der Waals surface area contributed by atoms with Crippen LogP contribution in [0.15, 0.2) is 23.2 Å². The zero-order valence-electron chi connectivity index (χ0n) is 11.7. The van der Waals surface area contributed by atoms with Crippen molar-refractivity contribution in [2.45, 2.75) is 45.6 Å². The average Bonchev–Trinajstić information content (AvgIpc) is 2.38. The molecule has 2 atom stereocenters. The molecule has 0 aliphatic heterocycles. The molecule has 98 valence electrons. The molecule has 0 radical (unpaired) electrons. The van der Waals surface area contributed by atoms with Gasteiger partial charge in [0.15, 0.2) is 0 Å². The summed E-state index contributed by atoms with van der Waals surface area (Å²) in [6.07, 6.45) is 7.34. The maximum absolute atomic E-state index is 4.82. The smallest absolute Gasteiger partial charge is 0.0525 e. The molecule has 0 aromatic heterocycles. The first kappa shape index (κ1) is 13.1. The number of hydrogen-bond donors (Lipinski definition) is 1. The van der Waals surface area contributed by atoms with Crippen molar-refractivity contribution in [3.8, 4) is 0 Å². The van der Waals surface area contributed by atoms with Crippen LogP contribution in [0.5, 0.6) is 0 Å². The Kier molecular flexibility index (Phi) is 4.40. The quantitative estimate of drug-likeness (QED) is 0.797. The van der Waals surface area contributed by atoms with Crippen LogP contribution >= 0.6 is 0 Å². The minimum absolute atomic E-state index is 0.518. The molecule has 1 aliphatic rings. The van der Waals surface area contributed by atoms with Gasteiger partial charge in [-0.1, -0.05) is 38.0 Å². The van der Waals surface area contributed by atoms with Gasteiger partial charge in [0.1, 0.15) is 0 Å². The van der Waals surface area contributed by atoms with Crippen LogP contribution in [-0.4, -0.2) is 19.3 Å². The second-order valence-corrected chi connectivity index (χ2v) is 5.40. The van der Waals surface area contributed by atoms with Gasteiger partial charge in [-0.05, 0) is 31.2 Å². The van der Waals surface area contributed by atoms with Crippen LogP contribution in [0.1, 0.15) is 43.7 Å². The molecule has 1 aromatic rings. The van der Waals surface area contributed by atoms with E-state index in [2.05, 4.69) is 43.6 Å². The Balaban J connectivity index is 2.15. The van der Waals surface area contributed by atoms with Gasteiger partial charge in [0.05, 0.1) is 6.04 Å². The van der Waals surface area contributed by atoms with Crippen LogP contribution in [-0.2, 0) is 0 Å². The molecule has 0 spiro atoms. The van der Waals surface area contributed by atoms with Gasteiger partial charge in [0.2, 0.25) is 0 Å². The summed E-state index contributed by atoms with van der Waals surface area (Å²) in [5.41, 5.74) is 3.68. The molecule has 0 heterocycles. The molecular weight excluding hydrogens is 220 g/mol. The van der Waals surface area contributed by atoms with Crippen molar-refractivity contribution in [3.05, 3.63) is 29.3 Å². The third-order valence-electron chi connectivity index (χ3n) is 4.03. The molecule has 1 aromatic carbocycles. The van der Waals surface area contributed by atoms with Gasteiger partial charge in [0.25, 0.3) is 0 Å². The van der Waals surface area contributed by atoms with E-state index in [4.69, 9.17) is 4.99 Å². The maximum atomic E-state index is 4.82. The fourth-order valence-corrected chi connectivity index (χ4v) is 2.83. The first-order chi connectivity index (χ1) is 8.72. The van der Waals surface area contributed by atoms with Crippen LogP contribution in [0.2, 0.25) is 0 Å². The number of anilines is 1. The van der Waals surface area contributed by atoms with Crippen molar-refractivity contribution in [1.29, 1.82) is 0 Å². The summed E-state index contributed by atoms with van der Waals surface area (Å²) >= 11 is 0. The number of rotatable bonds is 3. The Morgan fingerprint density at radius 3 is 2.78 bits per heavy atom. The van der Waals surface area contributed by atoms with Gasteiger partial charge in [-0.15, -0.1) is 0 Å². The van der Waals surface area contributed by atoms with Gasteiger partial charge in [-0.2, -0.15) is 0 Å². The average molecular weight is 244 g/mol. The highest BCUT2D eigenvalue weighted by Gasteiger charge is 2.19. The zero-order chi connectivity index (χ0) is 13.0. The Morgan fingerprint density at radius 1 is 1.28 bits per heavy atom. The summed E-state index contributed by atoms with van der Waals surface area (Å²) in [5, 5.41) is 3.27. The minimum Gasteiger partial charge on any atom is -0.387 e. The van der Waals surface area contributed by atoms with Crippen molar-refractivity contribution in [3.63, 3.8) is 0 Å². The molecule has 1 fully saturated rings. The first-order valence-corrected chi connectivity index (χ1v) is 7.03. The van der Waals surface area contributed by atoms with Gasteiger partial charge in [0, 0.05) is 24.5 Å². The molecule has 18 heavy (non-hydrogen) atoms. The topological polar surface area (TPSA) is 24.4 Å². The van der Waals surface area contributed by atoms with Gasteiger partial charge in [-0.3, -0.25) is 4.99 Å². The highest BCUT2D eigenvalue weighted by atomic mass is 14.8. The molecular formula is C16H24N2. The van der Waals surface area contributed by atoms with E-state index in [-0.39, 0.29) is 0 Å². The van der Waals surface area contributed by atoms with Crippen molar-refractivity contribution in [1.82, 2.24) is 0 Å². The third kappa shape index (κ3) is 2.92. The van der Waals surface area contributed by atoms with Crippen molar-refractivity contribution in [2.24, 2.45) is 10.9 Å². The molecule has 0 saturated heterocycles. The number of aliphatic imine (C=N–C) groups is 1. The highest BCUT2D eigenvalue weighted by molar-refractivity contribution is 5.88. The Labute approximate surface area is 111 Å². The van der Waals surface area contributed by atoms with Crippen LogP contribution in [0.4, 0.5) is 5.69 Å². The maximum Gasteiger partial charge on any atom is 0.0525 e. The molecule has 2 unspecified atom stereocenters. The van der Waals surface area contributed by atoms with Crippen molar-refractivity contribution < 1.29 is 0 Å². The molecule has 2 rings (SSSR count). The van der Waals surface area contributed by atoms with E-state index in [9.17, 15) is 0 Å². The summed E-state index contributed by atoms with van der Waals surface area (Å²) in [6.45, 7) is 4.46. The molecule has 1 aliphatic carbocycles. The van der Waals surface area contributed by atoms with Crippen LogP contribution in [0.25, 0.3) is 0 Å². The van der Waals surface area contributed by atoms with Gasteiger partial charge < -0.3 is 5.32 Å². The van der Waals surface area contributed by atoms with E-state index in [1.54, 1.807) is 0 Å². The lowest BCUT2D eigenvalue weighted by atomic mass is 9.86. The third-order valence-corrected chi connectivity index (χ3v) is 4.03. The fourth-order valence-electron chi connectivity index (χ4n) is 2.83. The largest absolute Gasteiger partial charge is 0.387 e. The molecule has 0 amide bonds. The number of hydrogen-bond acceptors (Lipinski definition) is 2. The highest BCUT2D eigenvalue weighted by Crippen LogP contribution is 2.26. The number of aryl methyl sites for hydroxylation is 1. The zero-order valence-corrected chi connectivity index (χ0v) is 11.7. The van der Waals surface area contributed by atoms with E-state index in [1.807, 2.05) is 7.05 Å². The minimum atomic E-state index is 0.518. The van der Waals surface area contributed by atoms with Crippen LogP contribution < -0.4 is 5.32 Å². The number of nitrogens with zero attached hydrogens (tertiary/aromatic N) is 1. The van der Waals surface area contributed by atoms with E-state index >= 15 is 0 Å². The van der Waals surface area contributed by atoms with Gasteiger partial charge in [-0.25, -0.2) is 0 Å². The summed E-state index contributed by atoms with van der Waals surface area (Å²) in [5.74, 6) is 0.734. The lowest BCUT2D eigenvalue weighted by Crippen LogP contribution is -2.20. The summed E-state index contributed by atoms with van der Waals surface area (Å²) in [6, 6.07) is 6.88. The van der Waals surface area contributed by atoms with E-state index in [0.717, 1.165) is 5.92 Å². The van der Waals surface area contributed by atoms with Gasteiger partial charge >= 0.3 is 0 Å². The van der Waals surface area contributed by atoms with Crippen molar-refractivity contribution in [2.75, 3.05) is 12.4 Å². The standard InChI is InChI=1S/C16H24N2/c1-12-7-4-5-10-15(12)18-11-14-9-6-8-13(2)16(14)17-3/h6,8-9,11-12,15,17H,4-5,7,10H2,1-3H3. The summed E-state index contributed by atoms with van der Waals surface area (Å²) in [7, 11) is 1.98. The van der Waals surface area contributed by atoms with Crippen LogP contribution in [0.3, 0.4) is 0 Å². The molecule has 0 bridgehead atoms. The predicted octanol–water partition coefficient (Wildman–Crippen LogP) is 4.03. The lowest BCUT2D eigenvalue weighted by Gasteiger charge is -2.25. The predicted molar refractivity (Wildman–Crippen MR) is 79.7 cm³/mol. The SMILES string of the molecule is CNc1c(C)cccc1C=NC1CCCCC1C. The normalized spacial score (nSPS) is 24.4.